The van der Waals surface area contributed by atoms with E-state index in [4.69, 9.17) is 4.99 Å². The van der Waals surface area contributed by atoms with Gasteiger partial charge < -0.3 is 14.7 Å². The third-order valence-electron chi connectivity index (χ3n) is 5.08. The van der Waals surface area contributed by atoms with Crippen LogP contribution in [0.1, 0.15) is 11.1 Å². The number of hydrogen-bond acceptors (Lipinski definition) is 3. The number of fused-ring (bicyclic) bond motifs is 1. The Morgan fingerprint density at radius 2 is 1.67 bits per heavy atom. The number of imidazole rings is 1. The third-order valence-corrected chi connectivity index (χ3v) is 5.08. The number of nitrogens with zero attached hydrogens (tertiary/aromatic N) is 3. The Labute approximate surface area is 174 Å². The Morgan fingerprint density at radius 3 is 2.40 bits per heavy atom. The number of hydrogen-bond donors (Lipinski definition) is 2. The van der Waals surface area contributed by atoms with E-state index in [2.05, 4.69) is 9.97 Å². The van der Waals surface area contributed by atoms with Crippen LogP contribution in [0.15, 0.2) is 96.4 Å². The van der Waals surface area contributed by atoms with Gasteiger partial charge in [0, 0.05) is 35.3 Å². The van der Waals surface area contributed by atoms with Crippen LogP contribution in [0.3, 0.4) is 0 Å². The topological polar surface area (TPSA) is 66.2 Å². The van der Waals surface area contributed by atoms with E-state index in [9.17, 15) is 5.11 Å². The molecule has 0 radical (unpaired) electrons. The lowest BCUT2D eigenvalue weighted by atomic mass is 10.0. The number of aromatic nitrogens is 3. The van der Waals surface area contributed by atoms with Crippen molar-refractivity contribution in [1.82, 2.24) is 14.5 Å². The second-order valence-electron chi connectivity index (χ2n) is 7.19. The molecule has 2 heterocycles. The normalized spacial score (nSPS) is 11.8. The summed E-state index contributed by atoms with van der Waals surface area (Å²) in [5.74, 6) is 0.115. The molecule has 3 aromatic carbocycles. The number of aromatic hydroxyl groups is 1. The minimum Gasteiger partial charge on any atom is -0.494 e. The summed E-state index contributed by atoms with van der Waals surface area (Å²) in [5, 5.41) is 11.6. The van der Waals surface area contributed by atoms with Crippen molar-refractivity contribution in [3.63, 3.8) is 0 Å². The molecule has 5 aromatic rings. The highest BCUT2D eigenvalue weighted by atomic mass is 16.3. The molecule has 5 heteroatoms. The number of aromatic amines is 1. The van der Waals surface area contributed by atoms with Gasteiger partial charge in [-0.25, -0.2) is 9.98 Å². The van der Waals surface area contributed by atoms with E-state index in [1.165, 1.54) is 0 Å². The van der Waals surface area contributed by atoms with Crippen LogP contribution in [0.2, 0.25) is 0 Å². The number of aliphatic imine (C=N–C) groups is 1. The van der Waals surface area contributed by atoms with Crippen LogP contribution in [0.5, 0.6) is 5.88 Å². The Balaban J connectivity index is 1.64. The predicted octanol–water partition coefficient (Wildman–Crippen LogP) is 5.44. The van der Waals surface area contributed by atoms with Gasteiger partial charge in [0.25, 0.3) is 0 Å². The van der Waals surface area contributed by atoms with Gasteiger partial charge in [-0.15, -0.1) is 0 Å². The van der Waals surface area contributed by atoms with Crippen molar-refractivity contribution in [3.8, 4) is 17.1 Å². The van der Waals surface area contributed by atoms with Gasteiger partial charge in [0.15, 0.2) is 5.88 Å². The zero-order valence-electron chi connectivity index (χ0n) is 16.4. The molecule has 146 valence electrons. The summed E-state index contributed by atoms with van der Waals surface area (Å²) < 4.78 is 1.93. The van der Waals surface area contributed by atoms with Crippen molar-refractivity contribution in [2.45, 2.75) is 0 Å². The fraction of sp³-hybridized carbons (Fsp3) is 0.0400. The largest absolute Gasteiger partial charge is 0.494 e. The SMILES string of the molecule is Cn1cnc(-c2ccc(N=C(c3ccccc3)c3c(O)[nH]c4ccccc34)cc2)c1. The maximum Gasteiger partial charge on any atom is 0.199 e. The summed E-state index contributed by atoms with van der Waals surface area (Å²) in [6, 6.07) is 25.7. The van der Waals surface area contributed by atoms with Gasteiger partial charge >= 0.3 is 0 Å². The molecular formula is C25H20N4O. The molecule has 5 rings (SSSR count). The maximum absolute atomic E-state index is 10.7. The smallest absolute Gasteiger partial charge is 0.199 e. The molecule has 0 unspecified atom stereocenters. The summed E-state index contributed by atoms with van der Waals surface area (Å²) >= 11 is 0. The van der Waals surface area contributed by atoms with Gasteiger partial charge in [0.05, 0.1) is 29.0 Å². The molecule has 0 fully saturated rings. The molecule has 30 heavy (non-hydrogen) atoms. The van der Waals surface area contributed by atoms with E-state index in [-0.39, 0.29) is 5.88 Å². The molecule has 0 aliphatic carbocycles. The molecule has 0 amide bonds. The van der Waals surface area contributed by atoms with Gasteiger partial charge in [-0.3, -0.25) is 0 Å². The highest BCUT2D eigenvalue weighted by Gasteiger charge is 2.18. The van der Waals surface area contributed by atoms with Crippen molar-refractivity contribution >= 4 is 22.3 Å². The molecule has 0 bridgehead atoms. The fourth-order valence-electron chi connectivity index (χ4n) is 3.63. The third kappa shape index (κ3) is 3.26. The highest BCUT2D eigenvalue weighted by molar-refractivity contribution is 6.21. The van der Waals surface area contributed by atoms with Crippen LogP contribution in [-0.4, -0.2) is 25.4 Å². The first-order valence-electron chi connectivity index (χ1n) is 9.71. The van der Waals surface area contributed by atoms with E-state index >= 15 is 0 Å². The van der Waals surface area contributed by atoms with E-state index in [0.717, 1.165) is 39.1 Å². The zero-order chi connectivity index (χ0) is 20.5. The second-order valence-corrected chi connectivity index (χ2v) is 7.19. The maximum atomic E-state index is 10.7. The van der Waals surface area contributed by atoms with E-state index < -0.39 is 0 Å². The van der Waals surface area contributed by atoms with E-state index in [1.54, 1.807) is 6.33 Å². The Kier molecular flexibility index (Phi) is 4.41. The molecule has 0 spiro atoms. The Hall–Kier alpha value is -4.12. The van der Waals surface area contributed by atoms with Crippen LogP contribution in [-0.2, 0) is 7.05 Å². The molecular weight excluding hydrogens is 372 g/mol. The van der Waals surface area contributed by atoms with Gasteiger partial charge in [-0.05, 0) is 18.2 Å². The first-order chi connectivity index (χ1) is 14.7. The molecule has 0 atom stereocenters. The van der Waals surface area contributed by atoms with E-state index in [1.807, 2.05) is 96.7 Å². The molecule has 0 aliphatic heterocycles. The van der Waals surface area contributed by atoms with Crippen LogP contribution in [0.25, 0.3) is 22.2 Å². The number of rotatable bonds is 4. The van der Waals surface area contributed by atoms with E-state index in [0.29, 0.717) is 5.56 Å². The monoisotopic (exact) mass is 392 g/mol. The van der Waals surface area contributed by atoms with Gasteiger partial charge in [-0.2, -0.15) is 0 Å². The van der Waals surface area contributed by atoms with Crippen LogP contribution in [0.4, 0.5) is 5.69 Å². The predicted molar refractivity (Wildman–Crippen MR) is 120 cm³/mol. The lowest BCUT2D eigenvalue weighted by Gasteiger charge is -2.08. The second kappa shape index (κ2) is 7.37. The molecule has 2 aromatic heterocycles. The number of aryl methyl sites for hydroxylation is 1. The summed E-state index contributed by atoms with van der Waals surface area (Å²) in [7, 11) is 1.95. The van der Waals surface area contributed by atoms with Crippen LogP contribution < -0.4 is 0 Å². The average molecular weight is 392 g/mol. The Morgan fingerprint density at radius 1 is 0.933 bits per heavy atom. The minimum absolute atomic E-state index is 0.115. The molecule has 2 N–H and O–H groups in total. The van der Waals surface area contributed by atoms with Crippen LogP contribution in [0, 0.1) is 0 Å². The van der Waals surface area contributed by atoms with Gasteiger partial charge in [-0.1, -0.05) is 60.7 Å². The quantitative estimate of drug-likeness (QED) is 0.400. The summed E-state index contributed by atoms with van der Waals surface area (Å²) in [5.41, 5.74) is 5.99. The molecule has 0 aliphatic rings. The fourth-order valence-corrected chi connectivity index (χ4v) is 3.63. The summed E-state index contributed by atoms with van der Waals surface area (Å²) in [6.07, 6.45) is 3.77. The molecule has 5 nitrogen and oxygen atoms in total. The minimum atomic E-state index is 0.115. The highest BCUT2D eigenvalue weighted by Crippen LogP contribution is 2.31. The van der Waals surface area contributed by atoms with Crippen molar-refractivity contribution in [2.24, 2.45) is 12.0 Å². The van der Waals surface area contributed by atoms with Crippen molar-refractivity contribution < 1.29 is 5.11 Å². The van der Waals surface area contributed by atoms with Crippen molar-refractivity contribution in [2.75, 3.05) is 0 Å². The number of nitrogens with one attached hydrogen (secondary N) is 1. The van der Waals surface area contributed by atoms with Crippen LogP contribution >= 0.6 is 0 Å². The lowest BCUT2D eigenvalue weighted by Crippen LogP contribution is -2.02. The first kappa shape index (κ1) is 17.9. The average Bonchev–Trinajstić information content (AvgIpc) is 3.35. The van der Waals surface area contributed by atoms with Crippen molar-refractivity contribution in [3.05, 3.63) is 103 Å². The summed E-state index contributed by atoms with van der Waals surface area (Å²) in [4.78, 5) is 12.4. The lowest BCUT2D eigenvalue weighted by molar-refractivity contribution is 0.457. The summed E-state index contributed by atoms with van der Waals surface area (Å²) in [6.45, 7) is 0. The standard InChI is InChI=1S/C25H20N4O/c1-29-15-22(26-16-29)17-11-13-19(14-12-17)27-24(18-7-3-2-4-8-18)23-20-9-5-6-10-21(20)28-25(23)30/h2-16,28,30H,1H3. The van der Waals surface area contributed by atoms with Gasteiger partial charge in [0.2, 0.25) is 0 Å². The Bertz CT molecular complexity index is 1350. The zero-order valence-corrected chi connectivity index (χ0v) is 16.4. The molecule has 0 saturated heterocycles. The van der Waals surface area contributed by atoms with Crippen molar-refractivity contribution in [1.29, 1.82) is 0 Å². The number of H-pyrrole nitrogens is 1. The molecule has 0 saturated carbocycles. The number of benzene rings is 3. The van der Waals surface area contributed by atoms with Gasteiger partial charge in [0.1, 0.15) is 0 Å². The number of para-hydroxylation sites is 1. The first-order valence-corrected chi connectivity index (χ1v) is 9.71.